The van der Waals surface area contributed by atoms with Gasteiger partial charge in [0.1, 0.15) is 11.6 Å². The molecule has 188 valence electrons. The molecule has 1 atom stereocenters. The Hall–Kier alpha value is -2.49. The summed E-state index contributed by atoms with van der Waals surface area (Å²) >= 11 is 6.16. The van der Waals surface area contributed by atoms with Gasteiger partial charge in [0.25, 0.3) is 0 Å². The van der Waals surface area contributed by atoms with Gasteiger partial charge in [0, 0.05) is 25.8 Å². The molecule has 0 radical (unpaired) electrons. The van der Waals surface area contributed by atoms with Crippen LogP contribution in [-0.2, 0) is 33.5 Å². The highest BCUT2D eigenvalue weighted by atomic mass is 35.5. The number of benzene rings is 3. The second-order valence-corrected chi connectivity index (χ2v) is 10.6. The normalized spacial score (nSPS) is 13.5. The molecule has 0 spiro atoms. The SMILES string of the molecule is COc1ccc(CN(C)S(=O)(=O)CC(CCOCc2ccccc2)(NCl)c2ccccc2F)cc1. The largest absolute Gasteiger partial charge is 0.497 e. The van der Waals surface area contributed by atoms with Gasteiger partial charge in [-0.15, -0.1) is 0 Å². The summed E-state index contributed by atoms with van der Waals surface area (Å²) in [6.45, 7) is 0.660. The van der Waals surface area contributed by atoms with Crippen LogP contribution in [-0.4, -0.2) is 39.2 Å². The molecule has 35 heavy (non-hydrogen) atoms. The van der Waals surface area contributed by atoms with Crippen LogP contribution in [0.2, 0.25) is 0 Å². The van der Waals surface area contributed by atoms with E-state index in [2.05, 4.69) is 4.84 Å². The van der Waals surface area contributed by atoms with Crippen LogP contribution >= 0.6 is 11.8 Å². The summed E-state index contributed by atoms with van der Waals surface area (Å²) < 4.78 is 53.9. The number of hydrogen-bond acceptors (Lipinski definition) is 5. The van der Waals surface area contributed by atoms with Crippen molar-refractivity contribution in [3.63, 3.8) is 0 Å². The molecule has 0 bridgehead atoms. The molecule has 9 heteroatoms. The van der Waals surface area contributed by atoms with Crippen molar-refractivity contribution in [1.29, 1.82) is 0 Å². The summed E-state index contributed by atoms with van der Waals surface area (Å²) in [5, 5.41) is 0. The van der Waals surface area contributed by atoms with E-state index in [1.54, 1.807) is 49.6 Å². The van der Waals surface area contributed by atoms with Gasteiger partial charge in [-0.25, -0.2) is 21.9 Å². The summed E-state index contributed by atoms with van der Waals surface area (Å²) in [4.78, 5) is 2.59. The molecule has 3 aromatic rings. The number of nitrogens with one attached hydrogen (secondary N) is 1. The highest BCUT2D eigenvalue weighted by Crippen LogP contribution is 2.31. The summed E-state index contributed by atoms with van der Waals surface area (Å²) in [5.41, 5.74) is 0.532. The average molecular weight is 521 g/mol. The highest BCUT2D eigenvalue weighted by molar-refractivity contribution is 7.89. The summed E-state index contributed by atoms with van der Waals surface area (Å²) in [5.74, 6) is -0.317. The lowest BCUT2D eigenvalue weighted by Crippen LogP contribution is -2.48. The summed E-state index contributed by atoms with van der Waals surface area (Å²) in [6.07, 6.45) is 0.139. The number of nitrogens with zero attached hydrogens (tertiary/aromatic N) is 1. The van der Waals surface area contributed by atoms with E-state index in [-0.39, 0.29) is 25.1 Å². The van der Waals surface area contributed by atoms with Gasteiger partial charge in [-0.2, -0.15) is 0 Å². The first-order chi connectivity index (χ1) is 16.8. The molecule has 0 aliphatic rings. The van der Waals surface area contributed by atoms with E-state index < -0.39 is 27.1 Å². The first-order valence-electron chi connectivity index (χ1n) is 11.1. The maximum Gasteiger partial charge on any atom is 0.216 e. The molecule has 0 fully saturated rings. The Labute approximate surface area is 211 Å². The Bertz CT molecular complexity index is 1180. The van der Waals surface area contributed by atoms with E-state index in [4.69, 9.17) is 21.3 Å². The van der Waals surface area contributed by atoms with Crippen LogP contribution in [0.15, 0.2) is 78.9 Å². The molecule has 0 saturated carbocycles. The van der Waals surface area contributed by atoms with Crippen molar-refractivity contribution in [2.45, 2.75) is 25.1 Å². The van der Waals surface area contributed by atoms with Crippen LogP contribution in [0.25, 0.3) is 0 Å². The fourth-order valence-corrected chi connectivity index (χ4v) is 5.68. The summed E-state index contributed by atoms with van der Waals surface area (Å²) in [6, 6.07) is 22.8. The third-order valence-corrected chi connectivity index (χ3v) is 8.12. The Morgan fingerprint density at radius 2 is 1.63 bits per heavy atom. The van der Waals surface area contributed by atoms with Crippen LogP contribution in [0.4, 0.5) is 4.39 Å². The Morgan fingerprint density at radius 1 is 0.971 bits per heavy atom. The average Bonchev–Trinajstić information content (AvgIpc) is 2.87. The van der Waals surface area contributed by atoms with E-state index in [1.165, 1.54) is 17.4 Å². The predicted molar refractivity (Wildman–Crippen MR) is 136 cm³/mol. The number of methoxy groups -OCH3 is 1. The topological polar surface area (TPSA) is 67.9 Å². The predicted octanol–water partition coefficient (Wildman–Crippen LogP) is 4.84. The minimum absolute atomic E-state index is 0.139. The number of hydrogen-bond donors (Lipinski definition) is 1. The fourth-order valence-electron chi connectivity index (χ4n) is 3.78. The minimum Gasteiger partial charge on any atom is -0.497 e. The van der Waals surface area contributed by atoms with Gasteiger partial charge in [0.05, 0.1) is 25.0 Å². The molecule has 0 amide bonds. The van der Waals surface area contributed by atoms with Crippen LogP contribution < -0.4 is 9.57 Å². The molecule has 1 unspecified atom stereocenters. The van der Waals surface area contributed by atoms with Gasteiger partial charge >= 0.3 is 0 Å². The Kier molecular flexibility index (Phi) is 9.65. The zero-order valence-corrected chi connectivity index (χ0v) is 21.4. The molecule has 3 rings (SSSR count). The van der Waals surface area contributed by atoms with Gasteiger partial charge < -0.3 is 9.47 Å². The van der Waals surface area contributed by atoms with E-state index in [1.807, 2.05) is 30.3 Å². The van der Waals surface area contributed by atoms with Crippen LogP contribution in [0.5, 0.6) is 5.75 Å². The third-order valence-electron chi connectivity index (χ3n) is 5.82. The lowest BCUT2D eigenvalue weighted by molar-refractivity contribution is 0.101. The number of sulfonamides is 1. The number of ether oxygens (including phenoxy) is 2. The third kappa shape index (κ3) is 7.25. The van der Waals surface area contributed by atoms with Crippen LogP contribution in [0, 0.1) is 5.82 Å². The smallest absolute Gasteiger partial charge is 0.216 e. The van der Waals surface area contributed by atoms with Crippen molar-refractivity contribution in [3.05, 3.63) is 101 Å². The molecule has 0 saturated heterocycles. The molecule has 0 aromatic heterocycles. The van der Waals surface area contributed by atoms with Crippen molar-refractivity contribution in [2.75, 3.05) is 26.5 Å². The Morgan fingerprint density at radius 3 is 2.26 bits per heavy atom. The van der Waals surface area contributed by atoms with E-state index in [0.29, 0.717) is 12.4 Å². The van der Waals surface area contributed by atoms with Gasteiger partial charge in [-0.1, -0.05) is 60.7 Å². The van der Waals surface area contributed by atoms with Crippen LogP contribution in [0.1, 0.15) is 23.1 Å². The zero-order valence-electron chi connectivity index (χ0n) is 19.8. The second kappa shape index (κ2) is 12.5. The molecular formula is C26H30ClFN2O4S. The molecule has 0 heterocycles. The first-order valence-corrected chi connectivity index (χ1v) is 13.1. The molecule has 6 nitrogen and oxygen atoms in total. The maximum atomic E-state index is 14.9. The lowest BCUT2D eigenvalue weighted by Gasteiger charge is -2.34. The van der Waals surface area contributed by atoms with Crippen molar-refractivity contribution in [1.82, 2.24) is 9.14 Å². The van der Waals surface area contributed by atoms with Gasteiger partial charge in [-0.3, -0.25) is 0 Å². The first kappa shape index (κ1) is 27.1. The molecule has 3 aromatic carbocycles. The second-order valence-electron chi connectivity index (χ2n) is 8.30. The van der Waals surface area contributed by atoms with E-state index in [9.17, 15) is 12.8 Å². The fraction of sp³-hybridized carbons (Fsp3) is 0.308. The summed E-state index contributed by atoms with van der Waals surface area (Å²) in [7, 11) is -0.807. The van der Waals surface area contributed by atoms with Crippen LogP contribution in [0.3, 0.4) is 0 Å². The lowest BCUT2D eigenvalue weighted by atomic mass is 9.89. The highest BCUT2D eigenvalue weighted by Gasteiger charge is 2.40. The molecule has 1 N–H and O–H groups in total. The number of halogens is 2. The minimum atomic E-state index is -3.87. The zero-order chi connectivity index (χ0) is 25.3. The van der Waals surface area contributed by atoms with Crippen molar-refractivity contribution >= 4 is 21.8 Å². The van der Waals surface area contributed by atoms with Gasteiger partial charge in [-0.05, 0) is 47.5 Å². The maximum absolute atomic E-state index is 14.9. The number of rotatable bonds is 13. The van der Waals surface area contributed by atoms with E-state index in [0.717, 1.165) is 11.1 Å². The quantitative estimate of drug-likeness (QED) is 0.258. The van der Waals surface area contributed by atoms with Crippen molar-refractivity contribution in [2.24, 2.45) is 0 Å². The molecule has 0 aliphatic heterocycles. The Balaban J connectivity index is 1.79. The van der Waals surface area contributed by atoms with Gasteiger partial charge in [0.2, 0.25) is 10.0 Å². The molecule has 0 aliphatic carbocycles. The van der Waals surface area contributed by atoms with E-state index >= 15 is 0 Å². The monoisotopic (exact) mass is 520 g/mol. The van der Waals surface area contributed by atoms with Gasteiger partial charge in [0.15, 0.2) is 0 Å². The molecular weight excluding hydrogens is 491 g/mol. The standard InChI is InChI=1S/C26H30ClFN2O4S/c1-30(18-21-12-14-23(33-2)15-13-21)35(31,32)20-26(29-27,24-10-6-7-11-25(24)28)16-17-34-19-22-8-4-3-5-9-22/h3-15,29H,16-20H2,1-2H3. The van der Waals surface area contributed by atoms with Crippen molar-refractivity contribution < 1.29 is 22.3 Å². The van der Waals surface area contributed by atoms with Crippen molar-refractivity contribution in [3.8, 4) is 5.75 Å².